The summed E-state index contributed by atoms with van der Waals surface area (Å²) in [6.45, 7) is 5.83. The minimum absolute atomic E-state index is 0.0523. The lowest BCUT2D eigenvalue weighted by atomic mass is 9.94. The van der Waals surface area contributed by atoms with Gasteiger partial charge in [-0.2, -0.15) is 0 Å². The fourth-order valence-electron chi connectivity index (χ4n) is 2.63. The summed E-state index contributed by atoms with van der Waals surface area (Å²) in [5.41, 5.74) is 10.7. The second-order valence-corrected chi connectivity index (χ2v) is 5.47. The first-order chi connectivity index (χ1) is 9.86. The third-order valence-electron chi connectivity index (χ3n) is 3.95. The Morgan fingerprint density at radius 1 is 1.19 bits per heavy atom. The molecule has 0 spiro atoms. The summed E-state index contributed by atoms with van der Waals surface area (Å²) in [6, 6.07) is 7.31. The van der Waals surface area contributed by atoms with E-state index < -0.39 is 6.04 Å². The largest absolute Gasteiger partial charge is 0.496 e. The van der Waals surface area contributed by atoms with Crippen molar-refractivity contribution in [2.75, 3.05) is 7.11 Å². The lowest BCUT2D eigenvalue weighted by Crippen LogP contribution is -2.30. The summed E-state index contributed by atoms with van der Waals surface area (Å²) < 4.78 is 7.02. The zero-order valence-electron chi connectivity index (χ0n) is 13.2. The van der Waals surface area contributed by atoms with Crippen LogP contribution in [-0.2, 0) is 7.05 Å². The third kappa shape index (κ3) is 2.72. The number of rotatable bonds is 3. The Bertz CT molecular complexity index is 732. The highest BCUT2D eigenvalue weighted by Crippen LogP contribution is 2.29. The Hall–Kier alpha value is -2.07. The van der Waals surface area contributed by atoms with E-state index in [2.05, 4.69) is 0 Å². The van der Waals surface area contributed by atoms with Crippen LogP contribution < -0.4 is 16.0 Å². The molecular weight excluding hydrogens is 264 g/mol. The third-order valence-corrected chi connectivity index (χ3v) is 3.95. The highest BCUT2D eigenvalue weighted by Gasteiger charge is 2.20. The first kappa shape index (κ1) is 15.3. The van der Waals surface area contributed by atoms with Gasteiger partial charge in [-0.05, 0) is 38.5 Å². The minimum atomic E-state index is -0.501. The second kappa shape index (κ2) is 5.74. The number of hydrogen-bond acceptors (Lipinski definition) is 3. The summed E-state index contributed by atoms with van der Waals surface area (Å²) in [5.74, 6) is 0.704. The van der Waals surface area contributed by atoms with E-state index in [1.807, 2.05) is 45.0 Å². The summed E-state index contributed by atoms with van der Waals surface area (Å²) in [4.78, 5) is 12.6. The molecule has 4 heteroatoms. The van der Waals surface area contributed by atoms with Crippen molar-refractivity contribution in [1.82, 2.24) is 4.57 Å². The predicted molar refractivity (Wildman–Crippen MR) is 84.9 cm³/mol. The first-order valence-corrected chi connectivity index (χ1v) is 6.94. The molecule has 2 N–H and O–H groups in total. The molecule has 1 heterocycles. The van der Waals surface area contributed by atoms with Gasteiger partial charge in [0.25, 0.3) is 5.56 Å². The van der Waals surface area contributed by atoms with Gasteiger partial charge in [0.15, 0.2) is 0 Å². The zero-order chi connectivity index (χ0) is 15.7. The number of pyridine rings is 1. The van der Waals surface area contributed by atoms with Gasteiger partial charge < -0.3 is 15.0 Å². The van der Waals surface area contributed by atoms with Gasteiger partial charge >= 0.3 is 0 Å². The van der Waals surface area contributed by atoms with Crippen LogP contribution in [0, 0.1) is 20.8 Å². The van der Waals surface area contributed by atoms with Crippen LogP contribution in [0.25, 0.3) is 0 Å². The molecule has 112 valence electrons. The number of aromatic nitrogens is 1. The maximum absolute atomic E-state index is 12.6. The molecule has 0 amide bonds. The van der Waals surface area contributed by atoms with E-state index >= 15 is 0 Å². The van der Waals surface area contributed by atoms with Crippen LogP contribution in [0.4, 0.5) is 0 Å². The lowest BCUT2D eigenvalue weighted by molar-refractivity contribution is 0.407. The van der Waals surface area contributed by atoms with E-state index in [-0.39, 0.29) is 5.56 Å². The van der Waals surface area contributed by atoms with Crippen molar-refractivity contribution < 1.29 is 4.74 Å². The fourth-order valence-corrected chi connectivity index (χ4v) is 2.63. The average molecular weight is 286 g/mol. The van der Waals surface area contributed by atoms with Gasteiger partial charge in [-0.3, -0.25) is 4.79 Å². The molecule has 4 nitrogen and oxygen atoms in total. The molecule has 0 aliphatic heterocycles. The van der Waals surface area contributed by atoms with Crippen molar-refractivity contribution in [1.29, 1.82) is 0 Å². The van der Waals surface area contributed by atoms with Gasteiger partial charge in [-0.15, -0.1) is 0 Å². The van der Waals surface area contributed by atoms with E-state index in [9.17, 15) is 4.79 Å². The first-order valence-electron chi connectivity index (χ1n) is 6.94. The maximum atomic E-state index is 12.6. The molecule has 0 aliphatic rings. The smallest absolute Gasteiger partial charge is 0.255 e. The topological polar surface area (TPSA) is 57.2 Å². The van der Waals surface area contributed by atoms with Gasteiger partial charge in [0, 0.05) is 23.9 Å². The molecule has 0 aliphatic carbocycles. The van der Waals surface area contributed by atoms with Crippen molar-refractivity contribution in [3.05, 3.63) is 62.6 Å². The monoisotopic (exact) mass is 286 g/mol. The molecular formula is C17H22N2O2. The molecule has 0 saturated carbocycles. The van der Waals surface area contributed by atoms with Crippen LogP contribution in [0.5, 0.6) is 5.75 Å². The molecule has 1 atom stereocenters. The van der Waals surface area contributed by atoms with Gasteiger partial charge in [-0.1, -0.05) is 17.7 Å². The van der Waals surface area contributed by atoms with Crippen LogP contribution in [0.15, 0.2) is 29.1 Å². The van der Waals surface area contributed by atoms with Crippen molar-refractivity contribution in [3.8, 4) is 5.75 Å². The zero-order valence-corrected chi connectivity index (χ0v) is 13.2. The molecule has 0 fully saturated rings. The average Bonchev–Trinajstić information content (AvgIpc) is 2.44. The molecule has 2 rings (SSSR count). The van der Waals surface area contributed by atoms with Crippen molar-refractivity contribution >= 4 is 0 Å². The molecule has 0 radical (unpaired) electrons. The van der Waals surface area contributed by atoms with Crippen LogP contribution in [-0.4, -0.2) is 11.7 Å². The molecule has 1 aromatic heterocycles. The van der Waals surface area contributed by atoms with Gasteiger partial charge in [0.05, 0.1) is 13.2 Å². The second-order valence-electron chi connectivity index (χ2n) is 5.47. The summed E-state index contributed by atoms with van der Waals surface area (Å²) in [6.07, 6.45) is 0. The number of benzene rings is 1. The fraction of sp³-hybridized carbons (Fsp3) is 0.353. The van der Waals surface area contributed by atoms with Gasteiger partial charge in [0.2, 0.25) is 0 Å². The Kier molecular flexibility index (Phi) is 4.19. The van der Waals surface area contributed by atoms with E-state index in [1.54, 1.807) is 18.7 Å². The van der Waals surface area contributed by atoms with E-state index in [0.717, 1.165) is 22.4 Å². The Morgan fingerprint density at radius 3 is 2.48 bits per heavy atom. The summed E-state index contributed by atoms with van der Waals surface area (Å²) in [5, 5.41) is 0. The number of nitrogens with zero attached hydrogens (tertiary/aromatic N) is 1. The Morgan fingerprint density at radius 2 is 1.86 bits per heavy atom. The van der Waals surface area contributed by atoms with Crippen molar-refractivity contribution in [3.63, 3.8) is 0 Å². The highest BCUT2D eigenvalue weighted by atomic mass is 16.5. The van der Waals surface area contributed by atoms with Crippen molar-refractivity contribution in [2.24, 2.45) is 12.8 Å². The predicted octanol–water partition coefficient (Wildman–Crippen LogP) is 2.37. The molecule has 1 unspecified atom stereocenters. The lowest BCUT2D eigenvalue weighted by Gasteiger charge is -2.19. The van der Waals surface area contributed by atoms with E-state index in [4.69, 9.17) is 10.5 Å². The van der Waals surface area contributed by atoms with Gasteiger partial charge in [-0.25, -0.2) is 0 Å². The SMILES string of the molecule is COc1ccc(C)cc1C(N)c1c(C)cc(C)n(C)c1=O. The molecule has 0 bridgehead atoms. The normalized spacial score (nSPS) is 12.3. The number of hydrogen-bond donors (Lipinski definition) is 1. The minimum Gasteiger partial charge on any atom is -0.496 e. The van der Waals surface area contributed by atoms with Crippen LogP contribution in [0.2, 0.25) is 0 Å². The number of nitrogens with two attached hydrogens (primary N) is 1. The molecule has 0 saturated heterocycles. The standard InChI is InChI=1S/C17H22N2O2/c1-10-6-7-14(21-5)13(8-10)16(18)15-11(2)9-12(3)19(4)17(15)20/h6-9,16H,18H2,1-5H3. The Balaban J connectivity index is 2.66. The summed E-state index contributed by atoms with van der Waals surface area (Å²) in [7, 11) is 3.38. The number of aryl methyl sites for hydroxylation is 3. The van der Waals surface area contributed by atoms with Crippen molar-refractivity contribution in [2.45, 2.75) is 26.8 Å². The molecule has 2 aromatic rings. The number of ether oxygens (including phenoxy) is 1. The molecule has 21 heavy (non-hydrogen) atoms. The quantitative estimate of drug-likeness (QED) is 0.942. The Labute approximate surface area is 125 Å². The summed E-state index contributed by atoms with van der Waals surface area (Å²) >= 11 is 0. The highest BCUT2D eigenvalue weighted by molar-refractivity contribution is 5.45. The van der Waals surface area contributed by atoms with E-state index in [1.165, 1.54) is 0 Å². The van der Waals surface area contributed by atoms with Crippen LogP contribution in [0.3, 0.4) is 0 Å². The van der Waals surface area contributed by atoms with Crippen LogP contribution >= 0.6 is 0 Å². The van der Waals surface area contributed by atoms with Crippen LogP contribution in [0.1, 0.15) is 34.0 Å². The van der Waals surface area contributed by atoms with E-state index in [0.29, 0.717) is 11.3 Å². The van der Waals surface area contributed by atoms with Gasteiger partial charge in [0.1, 0.15) is 5.75 Å². The molecule has 1 aromatic carbocycles. The number of methoxy groups -OCH3 is 1. The maximum Gasteiger partial charge on any atom is 0.255 e.